The van der Waals surface area contributed by atoms with Gasteiger partial charge in [0.25, 0.3) is 5.91 Å². The topological polar surface area (TPSA) is 87.3 Å². The minimum atomic E-state index is -1.71. The lowest BCUT2D eigenvalue weighted by Crippen LogP contribution is -2.40. The molecule has 0 radical (unpaired) electrons. The van der Waals surface area contributed by atoms with E-state index < -0.39 is 47.4 Å². The number of benzene rings is 2. The zero-order chi connectivity index (χ0) is 20.0. The molecule has 0 unspecified atom stereocenters. The Labute approximate surface area is 152 Å². The van der Waals surface area contributed by atoms with Gasteiger partial charge in [-0.1, -0.05) is 17.7 Å². The van der Waals surface area contributed by atoms with E-state index in [1.54, 1.807) is 18.2 Å². The molecule has 142 valence electrons. The zero-order valence-electron chi connectivity index (χ0n) is 14.2. The van der Waals surface area contributed by atoms with Crippen LogP contribution in [0.1, 0.15) is 15.9 Å². The number of nitrogens with one attached hydrogen (secondary N) is 3. The predicted octanol–water partition coefficient (Wildman–Crippen LogP) is 1.90. The van der Waals surface area contributed by atoms with Crippen molar-refractivity contribution < 1.29 is 27.6 Å². The fourth-order valence-corrected chi connectivity index (χ4v) is 2.11. The van der Waals surface area contributed by atoms with Crippen LogP contribution in [0.3, 0.4) is 0 Å². The Hall–Kier alpha value is -3.36. The Kier molecular flexibility index (Phi) is 6.53. The summed E-state index contributed by atoms with van der Waals surface area (Å²) in [6, 6.07) is 8.27. The molecule has 0 aromatic heterocycles. The first-order chi connectivity index (χ1) is 12.8. The summed E-state index contributed by atoms with van der Waals surface area (Å²) in [5, 5.41) is 6.61. The fraction of sp³-hybridized carbons (Fsp3) is 0.167. The van der Waals surface area contributed by atoms with Gasteiger partial charge in [-0.3, -0.25) is 14.4 Å². The summed E-state index contributed by atoms with van der Waals surface area (Å²) in [4.78, 5) is 35.2. The summed E-state index contributed by atoms with van der Waals surface area (Å²) in [5.74, 6) is -6.60. The Bertz CT molecular complexity index is 887. The van der Waals surface area contributed by atoms with E-state index in [9.17, 15) is 27.6 Å². The smallest absolute Gasteiger partial charge is 0.251 e. The van der Waals surface area contributed by atoms with Crippen molar-refractivity contribution in [3.63, 3.8) is 0 Å². The number of amides is 3. The lowest BCUT2D eigenvalue weighted by molar-refractivity contribution is -0.123. The number of anilines is 1. The third kappa shape index (κ3) is 5.56. The highest BCUT2D eigenvalue weighted by atomic mass is 19.2. The van der Waals surface area contributed by atoms with E-state index in [0.717, 1.165) is 11.6 Å². The van der Waals surface area contributed by atoms with Gasteiger partial charge < -0.3 is 16.0 Å². The molecule has 9 heteroatoms. The number of halogens is 3. The van der Waals surface area contributed by atoms with Crippen LogP contribution >= 0.6 is 0 Å². The average molecular weight is 379 g/mol. The Morgan fingerprint density at radius 3 is 2.30 bits per heavy atom. The van der Waals surface area contributed by atoms with Crippen LogP contribution in [0, 0.1) is 24.4 Å². The largest absolute Gasteiger partial charge is 0.345 e. The van der Waals surface area contributed by atoms with Gasteiger partial charge in [0.1, 0.15) is 0 Å². The monoisotopic (exact) mass is 379 g/mol. The molecule has 0 atom stereocenters. The molecule has 3 N–H and O–H groups in total. The molecule has 0 spiro atoms. The van der Waals surface area contributed by atoms with Crippen molar-refractivity contribution in [3.8, 4) is 0 Å². The molecule has 2 aromatic rings. The molecule has 0 aliphatic rings. The van der Waals surface area contributed by atoms with Crippen LogP contribution in [-0.4, -0.2) is 30.8 Å². The summed E-state index contributed by atoms with van der Waals surface area (Å²) in [6.07, 6.45) is 0. The minimum absolute atomic E-state index is 0.375. The molecular formula is C18H16F3N3O3. The molecule has 0 saturated carbocycles. The van der Waals surface area contributed by atoms with Gasteiger partial charge in [0, 0.05) is 5.56 Å². The highest BCUT2D eigenvalue weighted by Gasteiger charge is 2.15. The van der Waals surface area contributed by atoms with Gasteiger partial charge in [-0.25, -0.2) is 13.2 Å². The van der Waals surface area contributed by atoms with Gasteiger partial charge in [0.05, 0.1) is 18.8 Å². The lowest BCUT2D eigenvalue weighted by atomic mass is 10.1. The second-order valence-corrected chi connectivity index (χ2v) is 5.60. The second kappa shape index (κ2) is 8.84. The molecule has 0 heterocycles. The molecule has 0 saturated heterocycles. The molecular weight excluding hydrogens is 363 g/mol. The van der Waals surface area contributed by atoms with Crippen molar-refractivity contribution in [1.82, 2.24) is 10.6 Å². The number of aryl methyl sites for hydroxylation is 1. The van der Waals surface area contributed by atoms with Crippen molar-refractivity contribution >= 4 is 23.4 Å². The second-order valence-electron chi connectivity index (χ2n) is 5.60. The van der Waals surface area contributed by atoms with Gasteiger partial charge in [0.2, 0.25) is 11.8 Å². The van der Waals surface area contributed by atoms with Gasteiger partial charge in [-0.15, -0.1) is 0 Å². The molecule has 2 rings (SSSR count). The van der Waals surface area contributed by atoms with Crippen LogP contribution in [0.2, 0.25) is 0 Å². The SMILES string of the molecule is Cc1cccc(C(=O)NCC(=O)NCC(=O)Nc2ccc(F)c(F)c2F)c1. The van der Waals surface area contributed by atoms with Crippen LogP contribution in [-0.2, 0) is 9.59 Å². The Balaban J connectivity index is 1.79. The van der Waals surface area contributed by atoms with Crippen molar-refractivity contribution in [2.24, 2.45) is 0 Å². The first kappa shape index (κ1) is 20.0. The maximum atomic E-state index is 13.5. The van der Waals surface area contributed by atoms with Gasteiger partial charge in [-0.05, 0) is 31.2 Å². The lowest BCUT2D eigenvalue weighted by Gasteiger charge is -2.09. The summed E-state index contributed by atoms with van der Waals surface area (Å²) in [5.41, 5.74) is 0.712. The number of hydrogen-bond acceptors (Lipinski definition) is 3. The van der Waals surface area contributed by atoms with E-state index in [1.165, 1.54) is 0 Å². The quantitative estimate of drug-likeness (QED) is 0.670. The third-order valence-electron chi connectivity index (χ3n) is 3.45. The van der Waals surface area contributed by atoms with E-state index in [1.807, 2.05) is 18.3 Å². The number of carbonyl (C=O) groups excluding carboxylic acids is 3. The van der Waals surface area contributed by atoms with Gasteiger partial charge in [-0.2, -0.15) is 0 Å². The molecule has 3 amide bonds. The Morgan fingerprint density at radius 2 is 1.59 bits per heavy atom. The molecule has 0 aliphatic heterocycles. The molecule has 27 heavy (non-hydrogen) atoms. The average Bonchev–Trinajstić information content (AvgIpc) is 2.65. The number of hydrogen-bond donors (Lipinski definition) is 3. The van der Waals surface area contributed by atoms with Crippen LogP contribution < -0.4 is 16.0 Å². The molecule has 0 bridgehead atoms. The maximum absolute atomic E-state index is 13.5. The van der Waals surface area contributed by atoms with Crippen molar-refractivity contribution in [2.75, 3.05) is 18.4 Å². The van der Waals surface area contributed by atoms with E-state index in [2.05, 4.69) is 10.6 Å². The third-order valence-corrected chi connectivity index (χ3v) is 3.45. The van der Waals surface area contributed by atoms with E-state index in [-0.39, 0.29) is 6.54 Å². The van der Waals surface area contributed by atoms with Crippen LogP contribution in [0.25, 0.3) is 0 Å². The first-order valence-corrected chi connectivity index (χ1v) is 7.83. The number of rotatable bonds is 6. The van der Waals surface area contributed by atoms with E-state index >= 15 is 0 Å². The van der Waals surface area contributed by atoms with Gasteiger partial charge in [0.15, 0.2) is 17.5 Å². The summed E-state index contributed by atoms with van der Waals surface area (Å²) >= 11 is 0. The fourth-order valence-electron chi connectivity index (χ4n) is 2.11. The van der Waals surface area contributed by atoms with Crippen molar-refractivity contribution in [3.05, 3.63) is 65.0 Å². The molecule has 6 nitrogen and oxygen atoms in total. The minimum Gasteiger partial charge on any atom is -0.345 e. The first-order valence-electron chi connectivity index (χ1n) is 7.83. The molecule has 2 aromatic carbocycles. The van der Waals surface area contributed by atoms with Gasteiger partial charge >= 0.3 is 0 Å². The summed E-state index contributed by atoms with van der Waals surface area (Å²) in [6.45, 7) is 0.898. The maximum Gasteiger partial charge on any atom is 0.251 e. The summed E-state index contributed by atoms with van der Waals surface area (Å²) < 4.78 is 39.4. The Morgan fingerprint density at radius 1 is 0.889 bits per heavy atom. The van der Waals surface area contributed by atoms with Crippen LogP contribution in [0.15, 0.2) is 36.4 Å². The standard InChI is InChI=1S/C18H16F3N3O3/c1-10-3-2-4-11(7-10)18(27)23-8-14(25)22-9-15(26)24-13-6-5-12(19)16(20)17(13)21/h2-7H,8-9H2,1H3,(H,22,25)(H,23,27)(H,24,26). The molecule has 0 fully saturated rings. The highest BCUT2D eigenvalue weighted by Crippen LogP contribution is 2.19. The normalized spacial score (nSPS) is 10.2. The number of carbonyl (C=O) groups is 3. The van der Waals surface area contributed by atoms with E-state index in [0.29, 0.717) is 11.6 Å². The van der Waals surface area contributed by atoms with Crippen molar-refractivity contribution in [2.45, 2.75) is 6.92 Å². The zero-order valence-corrected chi connectivity index (χ0v) is 14.2. The predicted molar refractivity (Wildman–Crippen MR) is 91.5 cm³/mol. The highest BCUT2D eigenvalue weighted by molar-refractivity contribution is 5.98. The summed E-state index contributed by atoms with van der Waals surface area (Å²) in [7, 11) is 0. The van der Waals surface area contributed by atoms with Crippen LogP contribution in [0.4, 0.5) is 18.9 Å². The van der Waals surface area contributed by atoms with E-state index in [4.69, 9.17) is 0 Å². The molecule has 0 aliphatic carbocycles. The van der Waals surface area contributed by atoms with Crippen LogP contribution in [0.5, 0.6) is 0 Å². The van der Waals surface area contributed by atoms with Crippen molar-refractivity contribution in [1.29, 1.82) is 0 Å².